The van der Waals surface area contributed by atoms with Gasteiger partial charge in [-0.1, -0.05) is 36.8 Å². The summed E-state index contributed by atoms with van der Waals surface area (Å²) in [6, 6.07) is 8.92. The quantitative estimate of drug-likeness (QED) is 0.885. The second kappa shape index (κ2) is 4.39. The Labute approximate surface area is 108 Å². The van der Waals surface area contributed by atoms with Crippen molar-refractivity contribution < 1.29 is 4.79 Å². The molecule has 3 nitrogen and oxygen atoms in total. The Morgan fingerprint density at radius 2 is 2.17 bits per heavy atom. The van der Waals surface area contributed by atoms with Gasteiger partial charge < -0.3 is 4.90 Å². The number of hydrogen-bond acceptors (Lipinski definition) is 2. The number of nitrogens with one attached hydrogen (secondary N) is 1. The Kier molecular flexibility index (Phi) is 2.86. The van der Waals surface area contributed by atoms with Gasteiger partial charge in [-0.25, -0.2) is 0 Å². The van der Waals surface area contributed by atoms with Crippen LogP contribution in [0.25, 0.3) is 0 Å². The van der Waals surface area contributed by atoms with E-state index in [0.717, 1.165) is 19.3 Å². The van der Waals surface area contributed by atoms with Crippen LogP contribution in [0.4, 0.5) is 0 Å². The molecule has 1 aromatic carbocycles. The van der Waals surface area contributed by atoms with Crippen molar-refractivity contribution in [3.05, 3.63) is 35.4 Å². The molecule has 2 aliphatic rings. The minimum Gasteiger partial charge on any atom is -0.319 e. The highest BCUT2D eigenvalue weighted by atomic mass is 16.2. The first-order chi connectivity index (χ1) is 8.70. The highest BCUT2D eigenvalue weighted by molar-refractivity contribution is 5.85. The SMILES string of the molecule is CCC1NC(c2cccc(C)c2)N(C2CC2)C1=O. The van der Waals surface area contributed by atoms with Crippen molar-refractivity contribution in [2.24, 2.45) is 0 Å². The van der Waals surface area contributed by atoms with Gasteiger partial charge in [0.05, 0.1) is 6.04 Å². The zero-order chi connectivity index (χ0) is 12.7. The number of rotatable bonds is 3. The molecule has 1 amide bonds. The summed E-state index contributed by atoms with van der Waals surface area (Å²) >= 11 is 0. The van der Waals surface area contributed by atoms with Crippen LogP contribution in [0.15, 0.2) is 24.3 Å². The van der Waals surface area contributed by atoms with Crippen LogP contribution in [0.1, 0.15) is 43.5 Å². The van der Waals surface area contributed by atoms with Crippen molar-refractivity contribution in [3.8, 4) is 0 Å². The molecule has 2 unspecified atom stereocenters. The summed E-state index contributed by atoms with van der Waals surface area (Å²) in [6.07, 6.45) is 3.26. The van der Waals surface area contributed by atoms with Crippen LogP contribution in [0.3, 0.4) is 0 Å². The number of amides is 1. The van der Waals surface area contributed by atoms with Crippen LogP contribution in [-0.4, -0.2) is 22.9 Å². The Bertz CT molecular complexity index is 467. The number of aryl methyl sites for hydroxylation is 1. The van der Waals surface area contributed by atoms with E-state index in [9.17, 15) is 4.79 Å². The maximum absolute atomic E-state index is 12.4. The number of carbonyl (C=O) groups excluding carboxylic acids is 1. The van der Waals surface area contributed by atoms with Gasteiger partial charge in [0.25, 0.3) is 0 Å². The topological polar surface area (TPSA) is 32.3 Å². The van der Waals surface area contributed by atoms with Gasteiger partial charge in [-0.05, 0) is 31.7 Å². The molecule has 1 aromatic rings. The summed E-state index contributed by atoms with van der Waals surface area (Å²) in [6.45, 7) is 4.16. The molecule has 18 heavy (non-hydrogen) atoms. The van der Waals surface area contributed by atoms with Crippen LogP contribution in [-0.2, 0) is 4.79 Å². The Hall–Kier alpha value is -1.35. The molecular formula is C15H20N2O. The predicted octanol–water partition coefficient (Wildman–Crippen LogP) is 2.37. The summed E-state index contributed by atoms with van der Waals surface area (Å²) in [7, 11) is 0. The standard InChI is InChI=1S/C15H20N2O/c1-3-13-15(18)17(12-7-8-12)14(16-13)11-6-4-5-10(2)9-11/h4-6,9,12-14,16H,3,7-8H2,1-2H3. The molecule has 1 heterocycles. The van der Waals surface area contributed by atoms with E-state index in [1.54, 1.807) is 0 Å². The fourth-order valence-electron chi connectivity index (χ4n) is 2.78. The van der Waals surface area contributed by atoms with Gasteiger partial charge in [0.1, 0.15) is 6.17 Å². The van der Waals surface area contributed by atoms with Crippen LogP contribution in [0.2, 0.25) is 0 Å². The van der Waals surface area contributed by atoms with Crippen molar-refractivity contribution in [1.29, 1.82) is 0 Å². The van der Waals surface area contributed by atoms with Crippen LogP contribution >= 0.6 is 0 Å². The number of hydrogen-bond donors (Lipinski definition) is 1. The van der Waals surface area contributed by atoms with E-state index in [4.69, 9.17) is 0 Å². The molecule has 1 aliphatic carbocycles. The van der Waals surface area contributed by atoms with E-state index in [-0.39, 0.29) is 18.1 Å². The number of carbonyl (C=O) groups is 1. The number of benzene rings is 1. The van der Waals surface area contributed by atoms with Crippen molar-refractivity contribution in [2.75, 3.05) is 0 Å². The Morgan fingerprint density at radius 3 is 2.78 bits per heavy atom. The van der Waals surface area contributed by atoms with Crippen LogP contribution in [0.5, 0.6) is 0 Å². The molecule has 1 saturated heterocycles. The van der Waals surface area contributed by atoms with Crippen LogP contribution in [0, 0.1) is 6.92 Å². The average molecular weight is 244 g/mol. The van der Waals surface area contributed by atoms with Crippen LogP contribution < -0.4 is 5.32 Å². The first kappa shape index (κ1) is 11.7. The van der Waals surface area contributed by atoms with Gasteiger partial charge in [-0.2, -0.15) is 0 Å². The average Bonchev–Trinajstić information content (AvgIpc) is 3.13. The van der Waals surface area contributed by atoms with Crippen molar-refractivity contribution >= 4 is 5.91 Å². The van der Waals surface area contributed by atoms with Gasteiger partial charge >= 0.3 is 0 Å². The molecule has 0 aromatic heterocycles. The predicted molar refractivity (Wildman–Crippen MR) is 71.0 cm³/mol. The summed E-state index contributed by atoms with van der Waals surface area (Å²) in [5.74, 6) is 0.284. The molecule has 1 saturated carbocycles. The molecule has 0 radical (unpaired) electrons. The van der Waals surface area contributed by atoms with Crippen molar-refractivity contribution in [1.82, 2.24) is 10.2 Å². The van der Waals surface area contributed by atoms with E-state index in [2.05, 4.69) is 48.3 Å². The highest BCUT2D eigenvalue weighted by Gasteiger charge is 2.45. The summed E-state index contributed by atoms with van der Waals surface area (Å²) in [5.41, 5.74) is 2.46. The molecule has 0 bridgehead atoms. The van der Waals surface area contributed by atoms with Crippen molar-refractivity contribution in [3.63, 3.8) is 0 Å². The van der Waals surface area contributed by atoms with Gasteiger partial charge in [-0.3, -0.25) is 10.1 Å². The summed E-state index contributed by atoms with van der Waals surface area (Å²) < 4.78 is 0. The molecule has 3 heteroatoms. The van der Waals surface area contributed by atoms with E-state index >= 15 is 0 Å². The third kappa shape index (κ3) is 1.93. The Morgan fingerprint density at radius 1 is 1.39 bits per heavy atom. The van der Waals surface area contributed by atoms with E-state index < -0.39 is 0 Å². The zero-order valence-electron chi connectivity index (χ0n) is 11.0. The first-order valence-electron chi connectivity index (χ1n) is 6.85. The molecule has 2 fully saturated rings. The monoisotopic (exact) mass is 244 g/mol. The molecule has 3 rings (SSSR count). The lowest BCUT2D eigenvalue weighted by molar-refractivity contribution is -0.130. The molecule has 1 aliphatic heterocycles. The molecule has 2 atom stereocenters. The smallest absolute Gasteiger partial charge is 0.241 e. The first-order valence-corrected chi connectivity index (χ1v) is 6.85. The summed E-state index contributed by atoms with van der Waals surface area (Å²) in [4.78, 5) is 14.4. The second-order valence-electron chi connectivity index (χ2n) is 5.42. The van der Waals surface area contributed by atoms with Gasteiger partial charge in [0.2, 0.25) is 5.91 Å². The number of nitrogens with zero attached hydrogens (tertiary/aromatic N) is 1. The van der Waals surface area contributed by atoms with Gasteiger partial charge in [-0.15, -0.1) is 0 Å². The minimum absolute atomic E-state index is 0.00360. The third-order valence-corrected chi connectivity index (χ3v) is 3.90. The lowest BCUT2D eigenvalue weighted by Gasteiger charge is -2.24. The lowest BCUT2D eigenvalue weighted by Crippen LogP contribution is -2.32. The maximum Gasteiger partial charge on any atom is 0.241 e. The van der Waals surface area contributed by atoms with Crippen molar-refractivity contribution in [2.45, 2.75) is 51.4 Å². The van der Waals surface area contributed by atoms with Gasteiger partial charge in [0, 0.05) is 6.04 Å². The molecule has 1 N–H and O–H groups in total. The fraction of sp³-hybridized carbons (Fsp3) is 0.533. The van der Waals surface area contributed by atoms with E-state index in [1.165, 1.54) is 11.1 Å². The zero-order valence-corrected chi connectivity index (χ0v) is 11.0. The van der Waals surface area contributed by atoms with E-state index in [0.29, 0.717) is 6.04 Å². The second-order valence-corrected chi connectivity index (χ2v) is 5.42. The Balaban J connectivity index is 1.92. The van der Waals surface area contributed by atoms with Gasteiger partial charge in [0.15, 0.2) is 0 Å². The summed E-state index contributed by atoms with van der Waals surface area (Å²) in [5, 5.41) is 3.48. The normalized spacial score (nSPS) is 27.9. The highest BCUT2D eigenvalue weighted by Crippen LogP contribution is 2.37. The molecule has 0 spiro atoms. The lowest BCUT2D eigenvalue weighted by atomic mass is 10.1. The molecule has 96 valence electrons. The fourth-order valence-corrected chi connectivity index (χ4v) is 2.78. The largest absolute Gasteiger partial charge is 0.319 e. The molecular weight excluding hydrogens is 224 g/mol. The minimum atomic E-state index is -0.00360. The van der Waals surface area contributed by atoms with E-state index in [1.807, 2.05) is 0 Å². The maximum atomic E-state index is 12.4. The third-order valence-electron chi connectivity index (χ3n) is 3.90.